The van der Waals surface area contributed by atoms with Crippen LogP contribution in [-0.4, -0.2) is 4.98 Å². The van der Waals surface area contributed by atoms with Crippen molar-refractivity contribution < 1.29 is 4.74 Å². The van der Waals surface area contributed by atoms with Crippen molar-refractivity contribution in [3.8, 4) is 11.5 Å². The average Bonchev–Trinajstić information content (AvgIpc) is 2.41. The van der Waals surface area contributed by atoms with E-state index >= 15 is 0 Å². The SMILES string of the molecule is CCCCc1ccc(Oc2ccncc2Br)cc1. The van der Waals surface area contributed by atoms with Gasteiger partial charge in [0, 0.05) is 18.5 Å². The maximum atomic E-state index is 5.78. The van der Waals surface area contributed by atoms with Gasteiger partial charge in [-0.2, -0.15) is 0 Å². The summed E-state index contributed by atoms with van der Waals surface area (Å²) in [4.78, 5) is 4.01. The van der Waals surface area contributed by atoms with Crippen molar-refractivity contribution in [2.45, 2.75) is 26.2 Å². The summed E-state index contributed by atoms with van der Waals surface area (Å²) in [5.41, 5.74) is 1.36. The second-order valence-electron chi connectivity index (χ2n) is 4.16. The summed E-state index contributed by atoms with van der Waals surface area (Å²) in [6.45, 7) is 2.21. The van der Waals surface area contributed by atoms with E-state index in [0.29, 0.717) is 0 Å². The smallest absolute Gasteiger partial charge is 0.144 e. The molecule has 0 unspecified atom stereocenters. The number of hydrogen-bond acceptors (Lipinski definition) is 2. The molecule has 0 N–H and O–H groups in total. The lowest BCUT2D eigenvalue weighted by molar-refractivity contribution is 0.478. The third-order valence-electron chi connectivity index (χ3n) is 2.71. The van der Waals surface area contributed by atoms with Crippen molar-refractivity contribution in [1.29, 1.82) is 0 Å². The van der Waals surface area contributed by atoms with Crippen LogP contribution in [0.3, 0.4) is 0 Å². The second kappa shape index (κ2) is 6.55. The van der Waals surface area contributed by atoms with Crippen molar-refractivity contribution in [3.63, 3.8) is 0 Å². The summed E-state index contributed by atoms with van der Waals surface area (Å²) in [5.74, 6) is 1.63. The summed E-state index contributed by atoms with van der Waals surface area (Å²) in [6.07, 6.45) is 7.04. The minimum Gasteiger partial charge on any atom is -0.456 e. The number of aromatic nitrogens is 1. The van der Waals surface area contributed by atoms with Crippen LogP contribution in [0.4, 0.5) is 0 Å². The van der Waals surface area contributed by atoms with Crippen LogP contribution < -0.4 is 4.74 Å². The lowest BCUT2D eigenvalue weighted by atomic mass is 10.1. The van der Waals surface area contributed by atoms with Gasteiger partial charge in [-0.05, 0) is 46.5 Å². The van der Waals surface area contributed by atoms with Gasteiger partial charge in [0.05, 0.1) is 4.47 Å². The molecule has 2 aromatic rings. The number of unbranched alkanes of at least 4 members (excludes halogenated alkanes) is 1. The topological polar surface area (TPSA) is 22.1 Å². The second-order valence-corrected chi connectivity index (χ2v) is 5.01. The van der Waals surface area contributed by atoms with Crippen molar-refractivity contribution in [2.24, 2.45) is 0 Å². The number of nitrogens with zero attached hydrogens (tertiary/aromatic N) is 1. The number of halogens is 1. The fraction of sp³-hybridized carbons (Fsp3) is 0.267. The lowest BCUT2D eigenvalue weighted by Gasteiger charge is -2.07. The summed E-state index contributed by atoms with van der Waals surface area (Å²) in [7, 11) is 0. The van der Waals surface area contributed by atoms with Crippen LogP contribution in [-0.2, 0) is 6.42 Å². The van der Waals surface area contributed by atoms with Crippen LogP contribution in [0.5, 0.6) is 11.5 Å². The van der Waals surface area contributed by atoms with E-state index < -0.39 is 0 Å². The fourth-order valence-electron chi connectivity index (χ4n) is 1.68. The molecule has 0 aliphatic heterocycles. The normalized spacial score (nSPS) is 10.3. The lowest BCUT2D eigenvalue weighted by Crippen LogP contribution is -1.88. The summed E-state index contributed by atoms with van der Waals surface area (Å²) >= 11 is 3.41. The molecular weight excluding hydrogens is 290 g/mol. The van der Waals surface area contributed by atoms with Gasteiger partial charge < -0.3 is 4.74 Å². The third kappa shape index (κ3) is 3.57. The van der Waals surface area contributed by atoms with Gasteiger partial charge in [0.2, 0.25) is 0 Å². The number of rotatable bonds is 5. The Bertz CT molecular complexity index is 496. The highest BCUT2D eigenvalue weighted by Crippen LogP contribution is 2.28. The quantitative estimate of drug-likeness (QED) is 0.777. The first-order valence-corrected chi connectivity index (χ1v) is 6.95. The first-order chi connectivity index (χ1) is 8.79. The molecule has 18 heavy (non-hydrogen) atoms. The zero-order valence-corrected chi connectivity index (χ0v) is 12.0. The van der Waals surface area contributed by atoms with Gasteiger partial charge in [0.1, 0.15) is 11.5 Å². The van der Waals surface area contributed by atoms with Crippen LogP contribution in [0.15, 0.2) is 47.2 Å². The molecule has 0 saturated carbocycles. The van der Waals surface area contributed by atoms with E-state index in [1.807, 2.05) is 18.2 Å². The van der Waals surface area contributed by atoms with Crippen LogP contribution >= 0.6 is 15.9 Å². The number of ether oxygens (including phenoxy) is 1. The molecule has 94 valence electrons. The summed E-state index contributed by atoms with van der Waals surface area (Å²) in [5, 5.41) is 0. The Balaban J connectivity index is 2.04. The number of hydrogen-bond donors (Lipinski definition) is 0. The Labute approximate surface area is 116 Å². The molecule has 0 aliphatic carbocycles. The maximum absolute atomic E-state index is 5.78. The number of aryl methyl sites for hydroxylation is 1. The standard InChI is InChI=1S/C15H16BrNO/c1-2-3-4-12-5-7-13(8-6-12)18-15-9-10-17-11-14(15)16/h5-11H,2-4H2,1H3. The average molecular weight is 306 g/mol. The maximum Gasteiger partial charge on any atom is 0.144 e. The van der Waals surface area contributed by atoms with E-state index in [1.165, 1.54) is 18.4 Å². The Hall–Kier alpha value is -1.35. The van der Waals surface area contributed by atoms with Gasteiger partial charge >= 0.3 is 0 Å². The molecule has 0 radical (unpaired) electrons. The molecule has 0 spiro atoms. The molecule has 1 heterocycles. The largest absolute Gasteiger partial charge is 0.456 e. The number of benzene rings is 1. The van der Waals surface area contributed by atoms with Crippen molar-refractivity contribution in [2.75, 3.05) is 0 Å². The molecule has 0 bridgehead atoms. The Morgan fingerprint density at radius 1 is 1.17 bits per heavy atom. The molecule has 0 fully saturated rings. The Morgan fingerprint density at radius 3 is 2.61 bits per heavy atom. The third-order valence-corrected chi connectivity index (χ3v) is 3.30. The predicted molar refractivity (Wildman–Crippen MR) is 77.1 cm³/mol. The van der Waals surface area contributed by atoms with Gasteiger partial charge in [-0.25, -0.2) is 0 Å². The highest BCUT2D eigenvalue weighted by atomic mass is 79.9. The summed E-state index contributed by atoms with van der Waals surface area (Å²) in [6, 6.07) is 10.1. The molecule has 0 saturated heterocycles. The number of pyridine rings is 1. The molecule has 0 amide bonds. The molecular formula is C15H16BrNO. The Morgan fingerprint density at radius 2 is 1.94 bits per heavy atom. The monoisotopic (exact) mass is 305 g/mol. The first kappa shape index (κ1) is 13.1. The van der Waals surface area contributed by atoms with Crippen LogP contribution in [0.2, 0.25) is 0 Å². The van der Waals surface area contributed by atoms with Gasteiger partial charge in [-0.15, -0.1) is 0 Å². The molecule has 1 aromatic heterocycles. The van der Waals surface area contributed by atoms with E-state index in [9.17, 15) is 0 Å². The fourth-order valence-corrected chi connectivity index (χ4v) is 2.01. The van der Waals surface area contributed by atoms with E-state index in [1.54, 1.807) is 12.4 Å². The minimum absolute atomic E-state index is 0.784. The van der Waals surface area contributed by atoms with Crippen molar-refractivity contribution in [1.82, 2.24) is 4.98 Å². The van der Waals surface area contributed by atoms with E-state index in [2.05, 4.69) is 40.0 Å². The predicted octanol–water partition coefficient (Wildman–Crippen LogP) is 4.98. The van der Waals surface area contributed by atoms with Gasteiger partial charge in [-0.3, -0.25) is 4.98 Å². The molecule has 0 atom stereocenters. The van der Waals surface area contributed by atoms with Crippen molar-refractivity contribution in [3.05, 3.63) is 52.8 Å². The van der Waals surface area contributed by atoms with E-state index in [-0.39, 0.29) is 0 Å². The van der Waals surface area contributed by atoms with Gasteiger partial charge in [-0.1, -0.05) is 25.5 Å². The van der Waals surface area contributed by atoms with Crippen molar-refractivity contribution >= 4 is 15.9 Å². The van der Waals surface area contributed by atoms with Crippen LogP contribution in [0.25, 0.3) is 0 Å². The van der Waals surface area contributed by atoms with Gasteiger partial charge in [0.15, 0.2) is 0 Å². The molecule has 2 nitrogen and oxygen atoms in total. The molecule has 1 aromatic carbocycles. The minimum atomic E-state index is 0.784. The van der Waals surface area contributed by atoms with Crippen LogP contribution in [0, 0.1) is 0 Å². The first-order valence-electron chi connectivity index (χ1n) is 6.16. The highest BCUT2D eigenvalue weighted by molar-refractivity contribution is 9.10. The van der Waals surface area contributed by atoms with Crippen LogP contribution in [0.1, 0.15) is 25.3 Å². The highest BCUT2D eigenvalue weighted by Gasteiger charge is 2.02. The Kier molecular flexibility index (Phi) is 4.76. The molecule has 2 rings (SSSR count). The molecule has 3 heteroatoms. The van der Waals surface area contributed by atoms with Gasteiger partial charge in [0.25, 0.3) is 0 Å². The van der Waals surface area contributed by atoms with E-state index in [4.69, 9.17) is 4.74 Å². The van der Waals surface area contributed by atoms with E-state index in [0.717, 1.165) is 22.4 Å². The zero-order valence-electron chi connectivity index (χ0n) is 10.4. The molecule has 0 aliphatic rings. The summed E-state index contributed by atoms with van der Waals surface area (Å²) < 4.78 is 6.64. The zero-order chi connectivity index (χ0) is 12.8.